The van der Waals surface area contributed by atoms with Crippen LogP contribution in [-0.2, 0) is 20.2 Å². The molecule has 1 amide bonds. The van der Waals surface area contributed by atoms with Gasteiger partial charge in [-0.05, 0) is 49.7 Å². The van der Waals surface area contributed by atoms with E-state index < -0.39 is 15.4 Å². The fourth-order valence-electron chi connectivity index (χ4n) is 2.44. The van der Waals surface area contributed by atoms with Gasteiger partial charge in [0, 0.05) is 11.4 Å². The fourth-order valence-corrected chi connectivity index (χ4v) is 3.52. The Kier molecular flexibility index (Phi) is 3.21. The summed E-state index contributed by atoms with van der Waals surface area (Å²) in [6, 6.07) is 13.4. The molecule has 1 aliphatic heterocycles. The second kappa shape index (κ2) is 4.84. The Bertz CT molecular complexity index is 843. The lowest BCUT2D eigenvalue weighted by atomic mass is 9.86. The van der Waals surface area contributed by atoms with Crippen LogP contribution in [0.15, 0.2) is 53.4 Å². The van der Waals surface area contributed by atoms with Gasteiger partial charge in [-0.2, -0.15) is 0 Å². The number of amides is 1. The van der Waals surface area contributed by atoms with E-state index in [0.29, 0.717) is 16.9 Å². The average molecular weight is 316 g/mol. The smallest absolute Gasteiger partial charge is 0.261 e. The number of carbonyl (C=O) groups is 1. The predicted octanol–water partition coefficient (Wildman–Crippen LogP) is 2.72. The first-order chi connectivity index (χ1) is 10.3. The molecule has 0 aliphatic carbocycles. The van der Waals surface area contributed by atoms with Crippen LogP contribution < -0.4 is 10.0 Å². The third-order valence-corrected chi connectivity index (χ3v) is 5.20. The van der Waals surface area contributed by atoms with Gasteiger partial charge in [0.1, 0.15) is 0 Å². The van der Waals surface area contributed by atoms with Crippen LogP contribution in [0.4, 0.5) is 11.4 Å². The van der Waals surface area contributed by atoms with E-state index >= 15 is 0 Å². The summed E-state index contributed by atoms with van der Waals surface area (Å²) in [5.74, 6) is -0.131. The maximum atomic E-state index is 12.5. The first kappa shape index (κ1) is 14.6. The van der Waals surface area contributed by atoms with Crippen molar-refractivity contribution in [1.29, 1.82) is 0 Å². The Balaban J connectivity index is 2.00. The van der Waals surface area contributed by atoms with E-state index in [9.17, 15) is 13.2 Å². The highest BCUT2D eigenvalue weighted by molar-refractivity contribution is 7.92. The highest BCUT2D eigenvalue weighted by atomic mass is 32.2. The molecule has 5 nitrogen and oxygen atoms in total. The minimum absolute atomic E-state index is 0.131. The van der Waals surface area contributed by atoms with Gasteiger partial charge in [0.05, 0.1) is 10.3 Å². The van der Waals surface area contributed by atoms with E-state index in [1.807, 2.05) is 6.07 Å². The lowest BCUT2D eigenvalue weighted by Gasteiger charge is -2.16. The molecule has 2 aromatic carbocycles. The minimum Gasteiger partial charge on any atom is -0.325 e. The van der Waals surface area contributed by atoms with Crippen molar-refractivity contribution in [1.82, 2.24) is 0 Å². The summed E-state index contributed by atoms with van der Waals surface area (Å²) in [6.07, 6.45) is 0. The van der Waals surface area contributed by atoms with Gasteiger partial charge in [0.25, 0.3) is 10.0 Å². The Morgan fingerprint density at radius 1 is 1.05 bits per heavy atom. The van der Waals surface area contributed by atoms with Crippen molar-refractivity contribution in [2.75, 3.05) is 10.0 Å². The van der Waals surface area contributed by atoms with E-state index in [1.165, 1.54) is 6.07 Å². The molecule has 114 valence electrons. The van der Waals surface area contributed by atoms with E-state index in [1.54, 1.807) is 50.2 Å². The topological polar surface area (TPSA) is 75.3 Å². The summed E-state index contributed by atoms with van der Waals surface area (Å²) in [7, 11) is -3.69. The zero-order chi connectivity index (χ0) is 16.0. The van der Waals surface area contributed by atoms with Crippen LogP contribution in [0.3, 0.4) is 0 Å². The summed E-state index contributed by atoms with van der Waals surface area (Å²) in [5, 5.41) is 2.76. The van der Waals surface area contributed by atoms with Crippen LogP contribution >= 0.6 is 0 Å². The molecular formula is C16H16N2O3S. The second-order valence-corrected chi connectivity index (χ2v) is 7.44. The number of anilines is 2. The number of carbonyl (C=O) groups excluding carboxylic acids is 1. The SMILES string of the molecule is CC1(C)C(=O)Nc2ccc(S(=O)(=O)Nc3ccccc3)cc21. The van der Waals surface area contributed by atoms with Crippen molar-refractivity contribution in [3.05, 3.63) is 54.1 Å². The quantitative estimate of drug-likeness (QED) is 0.914. The Morgan fingerprint density at radius 2 is 1.73 bits per heavy atom. The first-order valence-corrected chi connectivity index (χ1v) is 8.33. The van der Waals surface area contributed by atoms with E-state index in [4.69, 9.17) is 0 Å². The maximum absolute atomic E-state index is 12.5. The van der Waals surface area contributed by atoms with Crippen molar-refractivity contribution in [3.8, 4) is 0 Å². The summed E-state index contributed by atoms with van der Waals surface area (Å²) in [6.45, 7) is 3.55. The number of fused-ring (bicyclic) bond motifs is 1. The lowest BCUT2D eigenvalue weighted by Crippen LogP contribution is -2.27. The summed E-state index contributed by atoms with van der Waals surface area (Å²) < 4.78 is 27.5. The van der Waals surface area contributed by atoms with Gasteiger partial charge < -0.3 is 5.32 Å². The van der Waals surface area contributed by atoms with Gasteiger partial charge in [-0.25, -0.2) is 8.42 Å². The third kappa shape index (κ3) is 2.35. The van der Waals surface area contributed by atoms with Crippen molar-refractivity contribution in [2.45, 2.75) is 24.2 Å². The molecule has 1 heterocycles. The number of benzene rings is 2. The summed E-state index contributed by atoms with van der Waals surface area (Å²) in [4.78, 5) is 12.1. The van der Waals surface area contributed by atoms with E-state index in [2.05, 4.69) is 10.0 Å². The number of hydrogen-bond acceptors (Lipinski definition) is 3. The number of para-hydroxylation sites is 1. The molecule has 0 saturated heterocycles. The Morgan fingerprint density at radius 3 is 2.41 bits per heavy atom. The van der Waals surface area contributed by atoms with Crippen molar-refractivity contribution < 1.29 is 13.2 Å². The maximum Gasteiger partial charge on any atom is 0.261 e. The van der Waals surface area contributed by atoms with Crippen LogP contribution in [0.5, 0.6) is 0 Å². The summed E-state index contributed by atoms with van der Waals surface area (Å²) >= 11 is 0. The van der Waals surface area contributed by atoms with Gasteiger partial charge in [-0.15, -0.1) is 0 Å². The molecule has 0 saturated carbocycles. The number of nitrogens with one attached hydrogen (secondary N) is 2. The molecule has 22 heavy (non-hydrogen) atoms. The van der Waals surface area contributed by atoms with E-state index in [0.717, 1.165) is 0 Å². The molecule has 0 bridgehead atoms. The molecule has 0 spiro atoms. The minimum atomic E-state index is -3.69. The summed E-state index contributed by atoms with van der Waals surface area (Å²) in [5.41, 5.74) is 1.10. The number of rotatable bonds is 3. The molecule has 0 radical (unpaired) electrons. The van der Waals surface area contributed by atoms with Crippen molar-refractivity contribution in [3.63, 3.8) is 0 Å². The van der Waals surface area contributed by atoms with Crippen LogP contribution in [-0.4, -0.2) is 14.3 Å². The Labute approximate surface area is 129 Å². The molecule has 3 rings (SSSR count). The molecule has 0 unspecified atom stereocenters. The molecule has 1 aliphatic rings. The fraction of sp³-hybridized carbons (Fsp3) is 0.188. The highest BCUT2D eigenvalue weighted by Gasteiger charge is 2.39. The average Bonchev–Trinajstić information content (AvgIpc) is 2.69. The van der Waals surface area contributed by atoms with Crippen LogP contribution in [0, 0.1) is 0 Å². The second-order valence-electron chi connectivity index (χ2n) is 5.76. The zero-order valence-corrected chi connectivity index (χ0v) is 13.1. The van der Waals surface area contributed by atoms with E-state index in [-0.39, 0.29) is 10.8 Å². The largest absolute Gasteiger partial charge is 0.325 e. The van der Waals surface area contributed by atoms with Crippen LogP contribution in [0.2, 0.25) is 0 Å². The highest BCUT2D eigenvalue weighted by Crippen LogP contribution is 2.38. The predicted molar refractivity (Wildman–Crippen MR) is 85.3 cm³/mol. The molecular weight excluding hydrogens is 300 g/mol. The molecule has 2 aromatic rings. The molecule has 0 fully saturated rings. The van der Waals surface area contributed by atoms with Crippen molar-refractivity contribution in [2.24, 2.45) is 0 Å². The number of sulfonamides is 1. The number of hydrogen-bond donors (Lipinski definition) is 2. The van der Waals surface area contributed by atoms with Gasteiger partial charge >= 0.3 is 0 Å². The molecule has 0 aromatic heterocycles. The third-order valence-electron chi connectivity index (χ3n) is 3.82. The van der Waals surface area contributed by atoms with Gasteiger partial charge in [0.15, 0.2) is 0 Å². The van der Waals surface area contributed by atoms with Crippen LogP contribution in [0.1, 0.15) is 19.4 Å². The van der Waals surface area contributed by atoms with Crippen molar-refractivity contribution >= 4 is 27.3 Å². The zero-order valence-electron chi connectivity index (χ0n) is 12.3. The normalized spacial score (nSPS) is 16.0. The standard InChI is InChI=1S/C16H16N2O3S/c1-16(2)13-10-12(8-9-14(13)17-15(16)19)22(20,21)18-11-6-4-3-5-7-11/h3-10,18H,1-2H3,(H,17,19). The molecule has 0 atom stereocenters. The van der Waals surface area contributed by atoms with Gasteiger partial charge in [-0.3, -0.25) is 9.52 Å². The van der Waals surface area contributed by atoms with Crippen LogP contribution in [0.25, 0.3) is 0 Å². The first-order valence-electron chi connectivity index (χ1n) is 6.84. The van der Waals surface area contributed by atoms with Gasteiger partial charge in [-0.1, -0.05) is 18.2 Å². The Hall–Kier alpha value is -2.34. The monoisotopic (exact) mass is 316 g/mol. The molecule has 2 N–H and O–H groups in total. The lowest BCUT2D eigenvalue weighted by molar-refractivity contribution is -0.119. The van der Waals surface area contributed by atoms with Gasteiger partial charge in [0.2, 0.25) is 5.91 Å². The molecule has 6 heteroatoms.